The number of aromatic amines is 1. The number of rotatable bonds is 4. The molecular formula is C20H26ClN5O3. The standard InChI is InChI=1S/C20H25N5O3.ClH/c1-12(2)11-24(20(27)28)15-5-3-4-14-18(15)19-22-17(26)10-16(25(19)23-14)13-6-8-21-9-7-13;/h3-5,10,12-13,21H,6-9,11H2,1-2H3,(H,22,26)(H,27,28);1H. The Hall–Kier alpha value is -2.58. The predicted octanol–water partition coefficient (Wildman–Crippen LogP) is 3.21. The molecule has 2 aromatic heterocycles. The van der Waals surface area contributed by atoms with Gasteiger partial charge in [-0.3, -0.25) is 9.69 Å². The zero-order chi connectivity index (χ0) is 19.8. The molecule has 1 saturated heterocycles. The van der Waals surface area contributed by atoms with Crippen LogP contribution in [0.2, 0.25) is 0 Å². The average molecular weight is 420 g/mol. The number of hydrogen-bond acceptors (Lipinski definition) is 4. The van der Waals surface area contributed by atoms with E-state index in [9.17, 15) is 14.7 Å². The van der Waals surface area contributed by atoms with Gasteiger partial charge in [-0.25, -0.2) is 9.31 Å². The number of piperidine rings is 1. The zero-order valence-electron chi connectivity index (χ0n) is 16.5. The van der Waals surface area contributed by atoms with Crippen LogP contribution >= 0.6 is 12.4 Å². The van der Waals surface area contributed by atoms with Crippen molar-refractivity contribution < 1.29 is 9.90 Å². The molecule has 0 radical (unpaired) electrons. The van der Waals surface area contributed by atoms with Gasteiger partial charge in [-0.15, -0.1) is 12.4 Å². The van der Waals surface area contributed by atoms with Gasteiger partial charge in [0.2, 0.25) is 0 Å². The number of anilines is 1. The van der Waals surface area contributed by atoms with E-state index in [0.29, 0.717) is 28.8 Å². The molecule has 3 N–H and O–H groups in total. The van der Waals surface area contributed by atoms with Gasteiger partial charge in [0.15, 0.2) is 0 Å². The highest BCUT2D eigenvalue weighted by molar-refractivity contribution is 6.06. The number of hydrogen-bond donors (Lipinski definition) is 3. The van der Waals surface area contributed by atoms with E-state index < -0.39 is 6.09 Å². The highest BCUT2D eigenvalue weighted by atomic mass is 35.5. The summed E-state index contributed by atoms with van der Waals surface area (Å²) in [5.41, 5.74) is 2.47. The lowest BCUT2D eigenvalue weighted by atomic mass is 9.94. The number of nitrogens with zero attached hydrogens (tertiary/aromatic N) is 3. The van der Waals surface area contributed by atoms with E-state index >= 15 is 0 Å². The van der Waals surface area contributed by atoms with Crippen molar-refractivity contribution in [2.75, 3.05) is 24.5 Å². The van der Waals surface area contributed by atoms with Crippen molar-refractivity contribution in [3.05, 3.63) is 40.3 Å². The molecule has 156 valence electrons. The maximum absolute atomic E-state index is 12.4. The van der Waals surface area contributed by atoms with Gasteiger partial charge < -0.3 is 15.4 Å². The van der Waals surface area contributed by atoms with Crippen LogP contribution in [0.15, 0.2) is 29.1 Å². The minimum Gasteiger partial charge on any atom is -0.465 e. The Kier molecular flexibility index (Phi) is 6.14. The van der Waals surface area contributed by atoms with Gasteiger partial charge in [0, 0.05) is 18.5 Å². The molecule has 0 saturated carbocycles. The number of halogens is 1. The van der Waals surface area contributed by atoms with Gasteiger partial charge in [-0.1, -0.05) is 19.9 Å². The highest BCUT2D eigenvalue weighted by Crippen LogP contribution is 2.32. The molecule has 3 aromatic rings. The quantitative estimate of drug-likeness (QED) is 0.602. The Bertz CT molecular complexity index is 1080. The van der Waals surface area contributed by atoms with Gasteiger partial charge >= 0.3 is 6.09 Å². The molecule has 0 spiro atoms. The lowest BCUT2D eigenvalue weighted by Gasteiger charge is -2.23. The third-order valence-electron chi connectivity index (χ3n) is 5.27. The fourth-order valence-electron chi connectivity index (χ4n) is 4.05. The van der Waals surface area contributed by atoms with E-state index in [-0.39, 0.29) is 29.8 Å². The Labute approximate surface area is 174 Å². The molecule has 1 aliphatic heterocycles. The summed E-state index contributed by atoms with van der Waals surface area (Å²) in [5, 5.41) is 18.5. The molecule has 1 aromatic carbocycles. The maximum Gasteiger partial charge on any atom is 0.411 e. The van der Waals surface area contributed by atoms with Crippen LogP contribution in [0, 0.1) is 5.92 Å². The Morgan fingerprint density at radius 1 is 1.34 bits per heavy atom. The average Bonchev–Trinajstić information content (AvgIpc) is 3.04. The van der Waals surface area contributed by atoms with Crippen molar-refractivity contribution in [3.63, 3.8) is 0 Å². The van der Waals surface area contributed by atoms with Crippen LogP contribution in [0.1, 0.15) is 38.3 Å². The summed E-state index contributed by atoms with van der Waals surface area (Å²) >= 11 is 0. The predicted molar refractivity (Wildman–Crippen MR) is 116 cm³/mol. The monoisotopic (exact) mass is 419 g/mol. The van der Waals surface area contributed by atoms with E-state index in [0.717, 1.165) is 31.6 Å². The van der Waals surface area contributed by atoms with E-state index in [1.54, 1.807) is 16.6 Å². The molecule has 0 bridgehead atoms. The van der Waals surface area contributed by atoms with Crippen LogP contribution in [-0.2, 0) is 0 Å². The Balaban J connectivity index is 0.00000240. The number of fused-ring (bicyclic) bond motifs is 3. The lowest BCUT2D eigenvalue weighted by Crippen LogP contribution is -2.33. The highest BCUT2D eigenvalue weighted by Gasteiger charge is 2.24. The second kappa shape index (κ2) is 8.42. The number of aromatic nitrogens is 3. The number of amides is 1. The molecular weight excluding hydrogens is 394 g/mol. The molecule has 0 aliphatic carbocycles. The van der Waals surface area contributed by atoms with Gasteiger partial charge in [0.05, 0.1) is 22.3 Å². The number of nitrogens with one attached hydrogen (secondary N) is 2. The van der Waals surface area contributed by atoms with Crippen LogP contribution in [-0.4, -0.2) is 45.4 Å². The number of benzene rings is 1. The van der Waals surface area contributed by atoms with Crippen molar-refractivity contribution >= 4 is 40.7 Å². The van der Waals surface area contributed by atoms with Crippen molar-refractivity contribution in [1.82, 2.24) is 19.9 Å². The molecule has 3 heterocycles. The second-order valence-electron chi connectivity index (χ2n) is 7.80. The van der Waals surface area contributed by atoms with Crippen LogP contribution < -0.4 is 15.8 Å². The lowest BCUT2D eigenvalue weighted by molar-refractivity contribution is 0.201. The largest absolute Gasteiger partial charge is 0.465 e. The molecule has 8 nitrogen and oxygen atoms in total. The smallest absolute Gasteiger partial charge is 0.411 e. The van der Waals surface area contributed by atoms with Gasteiger partial charge in [-0.2, -0.15) is 5.10 Å². The normalized spacial score (nSPS) is 15.0. The Morgan fingerprint density at radius 2 is 2.07 bits per heavy atom. The van der Waals surface area contributed by atoms with Gasteiger partial charge in [-0.05, 0) is 44.0 Å². The van der Waals surface area contributed by atoms with E-state index in [4.69, 9.17) is 5.10 Å². The summed E-state index contributed by atoms with van der Waals surface area (Å²) in [7, 11) is 0. The first-order chi connectivity index (χ1) is 13.5. The SMILES string of the molecule is CC(C)CN(C(=O)O)c1cccc2nn3c(C4CCNCC4)cc(=O)[nH]c3c12.Cl. The number of carbonyl (C=O) groups is 1. The summed E-state index contributed by atoms with van der Waals surface area (Å²) in [6.45, 7) is 6.13. The number of H-pyrrole nitrogens is 1. The summed E-state index contributed by atoms with van der Waals surface area (Å²) in [6.07, 6.45) is 0.865. The van der Waals surface area contributed by atoms with E-state index in [1.807, 2.05) is 26.0 Å². The van der Waals surface area contributed by atoms with Crippen LogP contribution in [0.4, 0.5) is 10.5 Å². The van der Waals surface area contributed by atoms with Gasteiger partial charge in [0.1, 0.15) is 5.65 Å². The fourth-order valence-corrected chi connectivity index (χ4v) is 4.05. The van der Waals surface area contributed by atoms with Crippen molar-refractivity contribution in [1.29, 1.82) is 0 Å². The minimum absolute atomic E-state index is 0. The summed E-state index contributed by atoms with van der Waals surface area (Å²) in [6, 6.07) is 7.06. The molecule has 1 aliphatic rings. The van der Waals surface area contributed by atoms with Crippen LogP contribution in [0.3, 0.4) is 0 Å². The fraction of sp³-hybridized carbons (Fsp3) is 0.450. The maximum atomic E-state index is 12.4. The van der Waals surface area contributed by atoms with Crippen molar-refractivity contribution in [2.45, 2.75) is 32.6 Å². The van der Waals surface area contributed by atoms with Crippen LogP contribution in [0.5, 0.6) is 0 Å². The van der Waals surface area contributed by atoms with Crippen LogP contribution in [0.25, 0.3) is 16.6 Å². The zero-order valence-corrected chi connectivity index (χ0v) is 17.3. The third-order valence-corrected chi connectivity index (χ3v) is 5.27. The molecule has 1 amide bonds. The van der Waals surface area contributed by atoms with Crippen molar-refractivity contribution in [3.8, 4) is 0 Å². The van der Waals surface area contributed by atoms with Gasteiger partial charge in [0.25, 0.3) is 5.56 Å². The number of carboxylic acid groups (broad SMARTS) is 1. The molecule has 0 unspecified atom stereocenters. The first-order valence-corrected chi connectivity index (χ1v) is 9.71. The summed E-state index contributed by atoms with van der Waals surface area (Å²) < 4.78 is 1.79. The molecule has 29 heavy (non-hydrogen) atoms. The minimum atomic E-state index is -1.02. The molecule has 4 rings (SSSR count). The topological polar surface area (TPSA) is 103 Å². The molecule has 9 heteroatoms. The second-order valence-corrected chi connectivity index (χ2v) is 7.80. The molecule has 0 atom stereocenters. The van der Waals surface area contributed by atoms with E-state index in [1.165, 1.54) is 4.90 Å². The summed E-state index contributed by atoms with van der Waals surface area (Å²) in [4.78, 5) is 28.6. The first kappa shape index (κ1) is 21.1. The molecule has 1 fully saturated rings. The van der Waals surface area contributed by atoms with E-state index in [2.05, 4.69) is 10.3 Å². The summed E-state index contributed by atoms with van der Waals surface area (Å²) in [5.74, 6) is 0.410. The Morgan fingerprint density at radius 3 is 2.72 bits per heavy atom. The third kappa shape index (κ3) is 3.95. The first-order valence-electron chi connectivity index (χ1n) is 9.71. The van der Waals surface area contributed by atoms with Crippen molar-refractivity contribution in [2.24, 2.45) is 5.92 Å².